The Morgan fingerprint density at radius 3 is 0.856 bits per heavy atom. The molecule has 0 aromatic carbocycles. The molecule has 118 heavy (non-hydrogen) atoms. The van der Waals surface area contributed by atoms with Gasteiger partial charge in [-0.15, -0.1) is 0 Å². The molecular weight excluding hydrogens is 1480 g/mol. The van der Waals surface area contributed by atoms with E-state index < -0.39 is 23.8 Å². The number of ether oxygens (including phenoxy) is 5. The van der Waals surface area contributed by atoms with Crippen LogP contribution in [-0.4, -0.2) is 148 Å². The molecule has 0 aromatic rings. The third-order valence-electron chi connectivity index (χ3n) is 20.5. The van der Waals surface area contributed by atoms with Gasteiger partial charge in [-0.05, 0) is 187 Å². The van der Waals surface area contributed by atoms with Crippen molar-refractivity contribution in [3.63, 3.8) is 0 Å². The molecule has 0 aliphatic rings. The summed E-state index contributed by atoms with van der Waals surface area (Å²) >= 11 is 0. The van der Waals surface area contributed by atoms with Gasteiger partial charge in [0.1, 0.15) is 32.5 Å². The highest BCUT2D eigenvalue weighted by atomic mass is 16.5. The smallest absolute Gasteiger partial charge is 0.305 e. The first kappa shape index (κ1) is 111. The molecule has 19 nitrogen and oxygen atoms in total. The molecule has 19 heteroatoms. The molecule has 0 spiro atoms. The highest BCUT2D eigenvalue weighted by Gasteiger charge is 2.24. The number of esters is 4. The number of hydrogen-bond acceptors (Lipinski definition) is 14. The van der Waals surface area contributed by atoms with E-state index in [2.05, 4.69) is 141 Å². The van der Waals surface area contributed by atoms with Crippen LogP contribution in [0, 0.1) is 0 Å². The first-order valence-corrected chi connectivity index (χ1v) is 47.6. The van der Waals surface area contributed by atoms with Crippen molar-refractivity contribution in [3.05, 3.63) is 97.2 Å². The van der Waals surface area contributed by atoms with Gasteiger partial charge in [-0.3, -0.25) is 43.2 Å². The number of amides is 5. The number of carbonyl (C=O) groups excluding carboxylic acids is 9. The van der Waals surface area contributed by atoms with Crippen LogP contribution in [0.2, 0.25) is 0 Å². The van der Waals surface area contributed by atoms with E-state index >= 15 is 0 Å². The summed E-state index contributed by atoms with van der Waals surface area (Å²) in [7, 11) is 0. The van der Waals surface area contributed by atoms with Crippen molar-refractivity contribution in [1.29, 1.82) is 0 Å². The van der Waals surface area contributed by atoms with Gasteiger partial charge >= 0.3 is 23.9 Å². The molecule has 0 saturated carbocycles. The summed E-state index contributed by atoms with van der Waals surface area (Å²) in [5, 5.41) is 8.61. The Balaban J connectivity index is 5.66. The summed E-state index contributed by atoms with van der Waals surface area (Å²) in [4.78, 5) is 123. The standard InChI is InChI=1S/C99H171N5O14/c1-6-11-15-19-23-27-31-35-39-43-47-51-55-59-63-71-95(109)115-86-81-103(82-87-116-96(110)72-64-60-56-52-48-44-40-36-32-28-24-20-16-12-7-2)93(107)77-75-91(105)100-79-68-67-70-90(99(113)101-80-69-85-114-10-5)102-92(106)76-78-94(108)104(83-88-117-97(111)73-65-61-57-53-49-45-41-37-33-29-25-21-17-13-8-3)84-89-118-98(112)74-66-62-58-54-50-46-42-38-34-30-26-22-18-14-9-4/h23-30,35-42,90H,6-22,31-34,43-89H2,1-5H3,(H,100,105)(H,101,113)(H,102,106)/b27-23-,28-24-,29-25-,30-26-,39-35-,40-36-,41-37-,42-38-. The van der Waals surface area contributed by atoms with Crippen LogP contribution in [0.3, 0.4) is 0 Å². The third kappa shape index (κ3) is 80.2. The van der Waals surface area contributed by atoms with E-state index in [1.54, 1.807) is 0 Å². The average molecular weight is 1660 g/mol. The normalized spacial score (nSPS) is 12.1. The third-order valence-corrected chi connectivity index (χ3v) is 20.5. The maximum absolute atomic E-state index is 13.9. The lowest BCUT2D eigenvalue weighted by molar-refractivity contribution is -0.148. The van der Waals surface area contributed by atoms with Gasteiger partial charge < -0.3 is 49.4 Å². The Kier molecular flexibility index (Phi) is 84.2. The van der Waals surface area contributed by atoms with Crippen LogP contribution in [0.5, 0.6) is 0 Å². The second-order valence-electron chi connectivity index (χ2n) is 31.4. The van der Waals surface area contributed by atoms with Crippen LogP contribution in [-0.2, 0) is 66.8 Å². The van der Waals surface area contributed by atoms with E-state index in [9.17, 15) is 43.2 Å². The molecule has 676 valence electrons. The molecule has 1 unspecified atom stereocenters. The molecule has 0 fully saturated rings. The second kappa shape index (κ2) is 89.4. The van der Waals surface area contributed by atoms with Gasteiger partial charge in [-0.1, -0.05) is 253 Å². The van der Waals surface area contributed by atoms with Crippen molar-refractivity contribution in [2.24, 2.45) is 0 Å². The van der Waals surface area contributed by atoms with E-state index in [4.69, 9.17) is 23.7 Å². The first-order chi connectivity index (χ1) is 57.8. The molecule has 3 N–H and O–H groups in total. The lowest BCUT2D eigenvalue weighted by atomic mass is 10.1. The van der Waals surface area contributed by atoms with Crippen molar-refractivity contribution >= 4 is 53.4 Å². The van der Waals surface area contributed by atoms with E-state index in [1.807, 2.05) is 6.92 Å². The molecule has 0 aromatic heterocycles. The summed E-state index contributed by atoms with van der Waals surface area (Å²) in [6.07, 6.45) is 85.3. The zero-order chi connectivity index (χ0) is 86.0. The molecule has 5 amide bonds. The molecule has 0 aliphatic carbocycles. The van der Waals surface area contributed by atoms with Gasteiger partial charge in [-0.2, -0.15) is 0 Å². The summed E-state index contributed by atoms with van der Waals surface area (Å²) in [6.45, 7) is 12.4. The summed E-state index contributed by atoms with van der Waals surface area (Å²) < 4.78 is 27.8. The number of carbonyl (C=O) groups is 9. The highest BCUT2D eigenvalue weighted by Crippen LogP contribution is 2.16. The summed E-state index contributed by atoms with van der Waals surface area (Å²) in [5.41, 5.74) is 0. The second-order valence-corrected chi connectivity index (χ2v) is 31.4. The molecule has 0 aliphatic heterocycles. The Bertz CT molecular complexity index is 2570. The molecule has 0 heterocycles. The molecule has 0 bridgehead atoms. The highest BCUT2D eigenvalue weighted by molar-refractivity contribution is 5.89. The van der Waals surface area contributed by atoms with Gasteiger partial charge in [0, 0.05) is 77.7 Å². The molecule has 1 atom stereocenters. The molecular formula is C99H171N5O14. The van der Waals surface area contributed by atoms with Gasteiger partial charge in [0.2, 0.25) is 29.5 Å². The van der Waals surface area contributed by atoms with E-state index in [0.29, 0.717) is 64.7 Å². The average Bonchev–Trinajstić information content (AvgIpc) is 0.911. The van der Waals surface area contributed by atoms with E-state index in [1.165, 1.54) is 86.8 Å². The number of rotatable bonds is 86. The SMILES string of the molecule is CCCCC/C=C\C/C=C\CCCCCCCC(=O)OCCN(CCOC(=O)CCCCCCC/C=C\C/C=C\CCCCC)C(=O)CCC(=O)NCCCCC(NC(=O)CCC(=O)N(CCOC(=O)CCCCCCC/C=C\C/C=C\CCCCC)CCOC(=O)CCCCCCC/C=C\C/C=C\CCCCC)C(=O)NCCCOCC. The zero-order valence-corrected chi connectivity index (χ0v) is 75.5. The van der Waals surface area contributed by atoms with Crippen molar-refractivity contribution in [2.45, 2.75) is 400 Å². The van der Waals surface area contributed by atoms with Crippen molar-refractivity contribution in [1.82, 2.24) is 25.8 Å². The first-order valence-electron chi connectivity index (χ1n) is 47.6. The molecule has 0 radical (unpaired) electrons. The minimum atomic E-state index is -0.947. The van der Waals surface area contributed by atoms with Crippen molar-refractivity contribution < 1.29 is 66.8 Å². The number of allylic oxidation sites excluding steroid dienone is 16. The van der Waals surface area contributed by atoms with Gasteiger partial charge in [0.15, 0.2) is 0 Å². The van der Waals surface area contributed by atoms with Crippen LogP contribution >= 0.6 is 0 Å². The van der Waals surface area contributed by atoms with Crippen LogP contribution in [0.4, 0.5) is 0 Å². The zero-order valence-electron chi connectivity index (χ0n) is 75.5. The monoisotopic (exact) mass is 1650 g/mol. The lowest BCUT2D eigenvalue weighted by Gasteiger charge is -2.23. The maximum atomic E-state index is 13.9. The predicted molar refractivity (Wildman–Crippen MR) is 486 cm³/mol. The summed E-state index contributed by atoms with van der Waals surface area (Å²) in [5.74, 6) is -3.37. The Labute approximate surface area is 718 Å². The fourth-order valence-corrected chi connectivity index (χ4v) is 13.1. The predicted octanol–water partition coefficient (Wildman–Crippen LogP) is 22.9. The number of nitrogens with zero attached hydrogens (tertiary/aromatic N) is 2. The van der Waals surface area contributed by atoms with Gasteiger partial charge in [0.25, 0.3) is 0 Å². The Morgan fingerprint density at radius 1 is 0.271 bits per heavy atom. The number of unbranched alkanes of at least 4 members (excludes halogenated alkanes) is 33. The molecule has 0 rings (SSSR count). The molecule has 0 saturated heterocycles. The largest absolute Gasteiger partial charge is 0.464 e. The van der Waals surface area contributed by atoms with Crippen molar-refractivity contribution in [2.75, 3.05) is 78.9 Å². The minimum Gasteiger partial charge on any atom is -0.464 e. The van der Waals surface area contributed by atoms with Crippen LogP contribution in [0.25, 0.3) is 0 Å². The Morgan fingerprint density at radius 2 is 0.551 bits per heavy atom. The fourth-order valence-electron chi connectivity index (χ4n) is 13.1. The fraction of sp³-hybridized carbons (Fsp3) is 0.747. The maximum Gasteiger partial charge on any atom is 0.305 e. The van der Waals surface area contributed by atoms with E-state index in [-0.39, 0.29) is 153 Å². The Hall–Kier alpha value is -6.89. The van der Waals surface area contributed by atoms with Crippen LogP contribution < -0.4 is 16.0 Å². The van der Waals surface area contributed by atoms with Crippen LogP contribution in [0.15, 0.2) is 97.2 Å². The van der Waals surface area contributed by atoms with Gasteiger partial charge in [-0.25, -0.2) is 0 Å². The number of nitrogens with one attached hydrogen (secondary N) is 3. The quantitative estimate of drug-likeness (QED) is 0.0222. The summed E-state index contributed by atoms with van der Waals surface area (Å²) in [6, 6.07) is -0.947. The number of hydrogen-bond donors (Lipinski definition) is 3. The van der Waals surface area contributed by atoms with E-state index in [0.717, 1.165) is 180 Å². The topological polar surface area (TPSA) is 242 Å². The van der Waals surface area contributed by atoms with Crippen molar-refractivity contribution in [3.8, 4) is 0 Å². The lowest BCUT2D eigenvalue weighted by Crippen LogP contribution is -2.47. The van der Waals surface area contributed by atoms with Crippen LogP contribution in [0.1, 0.15) is 394 Å². The minimum absolute atomic E-state index is 0.0319. The van der Waals surface area contributed by atoms with Gasteiger partial charge in [0.05, 0.1) is 26.2 Å².